The molecule has 0 radical (unpaired) electrons. The fourth-order valence-electron chi connectivity index (χ4n) is 2.33. The minimum Gasteiger partial charge on any atom is -0.421 e. The predicted molar refractivity (Wildman–Crippen MR) is 97.7 cm³/mol. The van der Waals surface area contributed by atoms with Crippen LogP contribution < -0.4 is 21.6 Å². The standard InChI is InChI=1S/C18H25N3O3/c1-4-10-19-15-13-7-5-6-8-14(13)24-17(22)16(15)21-18(23)20-11-9-12(2)3/h5-8,12,19H,4,9-11H2,1-3H3,(H2,20,21,23). The topological polar surface area (TPSA) is 83.4 Å². The van der Waals surface area contributed by atoms with Gasteiger partial charge in [-0.1, -0.05) is 32.9 Å². The van der Waals surface area contributed by atoms with Gasteiger partial charge in [0, 0.05) is 18.5 Å². The Morgan fingerprint density at radius 2 is 1.92 bits per heavy atom. The number of rotatable bonds is 7. The molecule has 1 heterocycles. The minimum absolute atomic E-state index is 0.143. The summed E-state index contributed by atoms with van der Waals surface area (Å²) in [4.78, 5) is 24.4. The minimum atomic E-state index is -0.564. The molecule has 0 atom stereocenters. The van der Waals surface area contributed by atoms with E-state index in [1.165, 1.54) is 0 Å². The number of hydrogen-bond donors (Lipinski definition) is 3. The molecule has 1 aromatic carbocycles. The van der Waals surface area contributed by atoms with Gasteiger partial charge < -0.3 is 15.1 Å². The van der Waals surface area contributed by atoms with E-state index in [0.29, 0.717) is 30.3 Å². The Bertz CT molecular complexity index is 753. The SMILES string of the molecule is CCCNc1c(NC(=O)NCCC(C)C)c(=O)oc2ccccc12. The van der Waals surface area contributed by atoms with Crippen LogP contribution in [0.3, 0.4) is 0 Å². The molecule has 1 aromatic heterocycles. The van der Waals surface area contributed by atoms with E-state index in [1.54, 1.807) is 12.1 Å². The average molecular weight is 331 g/mol. The van der Waals surface area contributed by atoms with Crippen molar-refractivity contribution in [1.82, 2.24) is 5.32 Å². The number of anilines is 2. The number of urea groups is 1. The second kappa shape index (κ2) is 8.38. The van der Waals surface area contributed by atoms with E-state index in [2.05, 4.69) is 29.8 Å². The smallest absolute Gasteiger partial charge is 0.362 e. The molecule has 3 N–H and O–H groups in total. The lowest BCUT2D eigenvalue weighted by atomic mass is 10.1. The molecule has 2 aromatic rings. The monoisotopic (exact) mass is 331 g/mol. The maximum atomic E-state index is 12.3. The predicted octanol–water partition coefficient (Wildman–Crippen LogP) is 3.78. The van der Waals surface area contributed by atoms with Crippen molar-refractivity contribution < 1.29 is 9.21 Å². The van der Waals surface area contributed by atoms with Crippen LogP contribution in [0.25, 0.3) is 11.0 Å². The highest BCUT2D eigenvalue weighted by molar-refractivity contribution is 6.01. The molecule has 0 fully saturated rings. The molecular formula is C18H25N3O3. The molecule has 0 saturated heterocycles. The van der Waals surface area contributed by atoms with Gasteiger partial charge in [0.05, 0.1) is 5.69 Å². The first-order chi connectivity index (χ1) is 11.5. The molecule has 0 aliphatic carbocycles. The van der Waals surface area contributed by atoms with Gasteiger partial charge in [-0.25, -0.2) is 9.59 Å². The van der Waals surface area contributed by atoms with Crippen LogP contribution in [0.15, 0.2) is 33.5 Å². The van der Waals surface area contributed by atoms with Crippen LogP contribution in [0.2, 0.25) is 0 Å². The van der Waals surface area contributed by atoms with Gasteiger partial charge in [0.2, 0.25) is 0 Å². The van der Waals surface area contributed by atoms with Crippen molar-refractivity contribution in [1.29, 1.82) is 0 Å². The molecule has 2 rings (SSSR count). The molecule has 130 valence electrons. The zero-order valence-corrected chi connectivity index (χ0v) is 14.4. The summed E-state index contributed by atoms with van der Waals surface area (Å²) in [5.41, 5.74) is 0.671. The molecule has 0 aliphatic rings. The van der Waals surface area contributed by atoms with Crippen LogP contribution >= 0.6 is 0 Å². The van der Waals surface area contributed by atoms with E-state index in [0.717, 1.165) is 18.2 Å². The molecule has 2 amide bonds. The first-order valence-corrected chi connectivity index (χ1v) is 8.37. The van der Waals surface area contributed by atoms with Gasteiger partial charge in [-0.05, 0) is 30.9 Å². The lowest BCUT2D eigenvalue weighted by molar-refractivity contribution is 0.251. The lowest BCUT2D eigenvalue weighted by Gasteiger charge is -2.14. The Kier molecular flexibility index (Phi) is 6.23. The van der Waals surface area contributed by atoms with Crippen LogP contribution in [0.5, 0.6) is 0 Å². The highest BCUT2D eigenvalue weighted by Crippen LogP contribution is 2.28. The number of hydrogen-bond acceptors (Lipinski definition) is 4. The van der Waals surface area contributed by atoms with E-state index >= 15 is 0 Å². The summed E-state index contributed by atoms with van der Waals surface area (Å²) in [6.45, 7) is 7.46. The molecule has 0 aliphatic heterocycles. The fourth-order valence-corrected chi connectivity index (χ4v) is 2.33. The van der Waals surface area contributed by atoms with Gasteiger partial charge in [0.25, 0.3) is 0 Å². The molecule has 0 unspecified atom stereocenters. The van der Waals surface area contributed by atoms with Gasteiger partial charge >= 0.3 is 11.7 Å². The highest BCUT2D eigenvalue weighted by atomic mass is 16.4. The summed E-state index contributed by atoms with van der Waals surface area (Å²) in [6, 6.07) is 6.86. The van der Waals surface area contributed by atoms with Crippen LogP contribution in [0.4, 0.5) is 16.2 Å². The summed E-state index contributed by atoms with van der Waals surface area (Å²) >= 11 is 0. The number of nitrogens with one attached hydrogen (secondary N) is 3. The van der Waals surface area contributed by atoms with E-state index in [1.807, 2.05) is 19.1 Å². The van der Waals surface area contributed by atoms with Gasteiger partial charge in [-0.3, -0.25) is 5.32 Å². The maximum absolute atomic E-state index is 12.3. The molecular weight excluding hydrogens is 306 g/mol. The average Bonchev–Trinajstić information content (AvgIpc) is 2.54. The van der Waals surface area contributed by atoms with E-state index in [-0.39, 0.29) is 5.69 Å². The Morgan fingerprint density at radius 1 is 1.17 bits per heavy atom. The van der Waals surface area contributed by atoms with Gasteiger partial charge in [0.1, 0.15) is 5.58 Å². The van der Waals surface area contributed by atoms with Crippen molar-refractivity contribution in [2.45, 2.75) is 33.6 Å². The molecule has 6 heteroatoms. The summed E-state index contributed by atoms with van der Waals surface area (Å²) in [5, 5.41) is 9.39. The summed E-state index contributed by atoms with van der Waals surface area (Å²) in [6.07, 6.45) is 1.77. The summed E-state index contributed by atoms with van der Waals surface area (Å²) in [5.74, 6) is 0.498. The van der Waals surface area contributed by atoms with Gasteiger partial charge in [-0.15, -0.1) is 0 Å². The zero-order chi connectivity index (χ0) is 17.5. The van der Waals surface area contributed by atoms with Gasteiger partial charge in [-0.2, -0.15) is 0 Å². The first-order valence-electron chi connectivity index (χ1n) is 8.37. The molecule has 24 heavy (non-hydrogen) atoms. The van der Waals surface area contributed by atoms with Crippen molar-refractivity contribution in [3.05, 3.63) is 34.7 Å². The van der Waals surface area contributed by atoms with Crippen molar-refractivity contribution in [2.75, 3.05) is 23.7 Å². The molecule has 0 spiro atoms. The molecule has 0 bridgehead atoms. The van der Waals surface area contributed by atoms with Crippen LogP contribution in [0.1, 0.15) is 33.6 Å². The second-order valence-corrected chi connectivity index (χ2v) is 6.13. The van der Waals surface area contributed by atoms with Crippen LogP contribution in [-0.4, -0.2) is 19.1 Å². The number of carbonyl (C=O) groups excluding carboxylic acids is 1. The third-order valence-corrected chi connectivity index (χ3v) is 3.61. The number of fused-ring (bicyclic) bond motifs is 1. The zero-order valence-electron chi connectivity index (χ0n) is 14.4. The van der Waals surface area contributed by atoms with Gasteiger partial charge in [0.15, 0.2) is 5.69 Å². The Labute approximate surface area is 141 Å². The molecule has 0 saturated carbocycles. The summed E-state index contributed by atoms with van der Waals surface area (Å²) < 4.78 is 5.32. The van der Waals surface area contributed by atoms with Crippen molar-refractivity contribution in [3.8, 4) is 0 Å². The van der Waals surface area contributed by atoms with Crippen molar-refractivity contribution in [3.63, 3.8) is 0 Å². The largest absolute Gasteiger partial charge is 0.421 e. The third kappa shape index (κ3) is 4.50. The lowest BCUT2D eigenvalue weighted by Crippen LogP contribution is -2.32. The Hall–Kier alpha value is -2.50. The quantitative estimate of drug-likeness (QED) is 0.674. The molecule has 6 nitrogen and oxygen atoms in total. The normalized spacial score (nSPS) is 10.8. The number of benzene rings is 1. The number of para-hydroxylation sites is 1. The number of carbonyl (C=O) groups is 1. The highest BCUT2D eigenvalue weighted by Gasteiger charge is 2.16. The Balaban J connectivity index is 2.28. The third-order valence-electron chi connectivity index (χ3n) is 3.61. The van der Waals surface area contributed by atoms with E-state index in [9.17, 15) is 9.59 Å². The Morgan fingerprint density at radius 3 is 2.62 bits per heavy atom. The maximum Gasteiger partial charge on any atom is 0.362 e. The van der Waals surface area contributed by atoms with E-state index < -0.39 is 11.7 Å². The van der Waals surface area contributed by atoms with Crippen molar-refractivity contribution in [2.24, 2.45) is 5.92 Å². The number of amides is 2. The van der Waals surface area contributed by atoms with Crippen molar-refractivity contribution >= 4 is 28.4 Å². The fraction of sp³-hybridized carbons (Fsp3) is 0.444. The summed E-state index contributed by atoms with van der Waals surface area (Å²) in [7, 11) is 0. The van der Waals surface area contributed by atoms with Crippen LogP contribution in [0, 0.1) is 5.92 Å². The second-order valence-electron chi connectivity index (χ2n) is 6.13. The van der Waals surface area contributed by atoms with Crippen LogP contribution in [-0.2, 0) is 0 Å². The van der Waals surface area contributed by atoms with E-state index in [4.69, 9.17) is 4.42 Å². The first kappa shape index (κ1) is 17.8.